The van der Waals surface area contributed by atoms with Crippen molar-refractivity contribution < 1.29 is 0 Å². The second-order valence-corrected chi connectivity index (χ2v) is 29.6. The highest BCUT2D eigenvalue weighted by molar-refractivity contribution is 7.03. The Morgan fingerprint density at radius 1 is 0.253 bits per heavy atom. The minimum absolute atomic E-state index is 0.139. The van der Waals surface area contributed by atoms with E-state index in [2.05, 4.69) is 305 Å². The van der Waals surface area contributed by atoms with E-state index in [4.69, 9.17) is 0 Å². The summed E-state index contributed by atoms with van der Waals surface area (Å²) in [5, 5.41) is 18.2. The molecule has 0 unspecified atom stereocenters. The summed E-state index contributed by atoms with van der Waals surface area (Å²) < 4.78 is 0. The Bertz CT molecular complexity index is 5160. The van der Waals surface area contributed by atoms with Gasteiger partial charge in [-0.3, -0.25) is 0 Å². The first kappa shape index (κ1) is 48.2. The molecule has 3 aliphatic rings. The lowest BCUT2D eigenvalue weighted by Gasteiger charge is -2.36. The molecule has 0 amide bonds. The van der Waals surface area contributed by atoms with E-state index in [0.717, 1.165) is 22.7 Å². The molecule has 83 heavy (non-hydrogen) atoms. The molecule has 17 rings (SSSR count). The molecule has 14 aromatic carbocycles. The fourth-order valence-corrected chi connectivity index (χ4v) is 18.6. The van der Waals surface area contributed by atoms with Crippen LogP contribution < -0.4 is 20.2 Å². The van der Waals surface area contributed by atoms with Crippen LogP contribution in [0.25, 0.3) is 98.0 Å². The van der Waals surface area contributed by atoms with Crippen molar-refractivity contribution in [1.29, 1.82) is 0 Å². The number of fused-ring (bicyclic) bond motifs is 16. The molecule has 0 fully saturated rings. The van der Waals surface area contributed by atoms with Crippen LogP contribution in [-0.2, 0) is 10.8 Å². The summed E-state index contributed by atoms with van der Waals surface area (Å²) >= 11 is 0. The summed E-state index contributed by atoms with van der Waals surface area (Å²) in [7, 11) is -2.37. The normalized spacial score (nSPS) is 14.7. The summed E-state index contributed by atoms with van der Waals surface area (Å²) in [5.41, 5.74) is 20.2. The zero-order valence-corrected chi connectivity index (χ0v) is 48.6. The van der Waals surface area contributed by atoms with Crippen LogP contribution in [0.4, 0.5) is 34.1 Å². The van der Waals surface area contributed by atoms with Gasteiger partial charge in [0, 0.05) is 45.0 Å². The van der Waals surface area contributed by atoms with Gasteiger partial charge in [0.1, 0.15) is 8.07 Å². The number of hydrogen-bond acceptors (Lipinski definition) is 2. The molecule has 2 aliphatic carbocycles. The Morgan fingerprint density at radius 2 is 0.627 bits per heavy atom. The highest BCUT2D eigenvalue weighted by atomic mass is 28.3. The van der Waals surface area contributed by atoms with Crippen LogP contribution in [0.1, 0.15) is 49.9 Å². The van der Waals surface area contributed by atoms with Gasteiger partial charge in [-0.25, -0.2) is 0 Å². The average molecular weight is 1080 g/mol. The molecule has 394 valence electrons. The van der Waals surface area contributed by atoms with Crippen molar-refractivity contribution in [3.05, 3.63) is 277 Å². The molecular formula is C80H60N2Si. The van der Waals surface area contributed by atoms with Gasteiger partial charge in [0.2, 0.25) is 0 Å². The van der Waals surface area contributed by atoms with Crippen LogP contribution >= 0.6 is 0 Å². The van der Waals surface area contributed by atoms with Gasteiger partial charge in [0.15, 0.2) is 0 Å². The minimum atomic E-state index is -2.37. The van der Waals surface area contributed by atoms with Crippen LogP contribution in [0.15, 0.2) is 255 Å². The molecular weight excluding hydrogens is 1020 g/mol. The second kappa shape index (κ2) is 17.2. The van der Waals surface area contributed by atoms with Crippen molar-refractivity contribution in [3.63, 3.8) is 0 Å². The summed E-state index contributed by atoms with van der Waals surface area (Å²) in [6, 6.07) is 97.4. The lowest BCUT2D eigenvalue weighted by Crippen LogP contribution is -2.56. The van der Waals surface area contributed by atoms with Gasteiger partial charge in [-0.1, -0.05) is 217 Å². The molecule has 0 N–H and O–H groups in total. The van der Waals surface area contributed by atoms with Crippen molar-refractivity contribution in [2.75, 3.05) is 9.80 Å². The first-order valence-electron chi connectivity index (χ1n) is 29.5. The van der Waals surface area contributed by atoms with Gasteiger partial charge < -0.3 is 9.80 Å². The number of benzene rings is 14. The Labute approximate surface area is 486 Å². The van der Waals surface area contributed by atoms with Crippen LogP contribution in [0, 0.1) is 0 Å². The van der Waals surface area contributed by atoms with E-state index in [1.165, 1.54) is 142 Å². The van der Waals surface area contributed by atoms with E-state index in [1.807, 2.05) is 0 Å². The van der Waals surface area contributed by atoms with E-state index in [0.29, 0.717) is 0 Å². The molecule has 0 radical (unpaired) electrons. The predicted octanol–water partition coefficient (Wildman–Crippen LogP) is 21.0. The van der Waals surface area contributed by atoms with E-state index in [-0.39, 0.29) is 10.8 Å². The molecule has 0 spiro atoms. The van der Waals surface area contributed by atoms with Crippen molar-refractivity contribution in [2.45, 2.75) is 51.6 Å². The smallest absolute Gasteiger partial charge is 0.113 e. The highest BCUT2D eigenvalue weighted by Crippen LogP contribution is 2.53. The number of rotatable bonds is 6. The van der Waals surface area contributed by atoms with Crippen molar-refractivity contribution in [3.8, 4) is 33.4 Å². The van der Waals surface area contributed by atoms with Gasteiger partial charge in [0.05, 0.1) is 0 Å². The Balaban J connectivity index is 0.840. The summed E-state index contributed by atoms with van der Waals surface area (Å²) in [6.45, 7) is 14.7. The van der Waals surface area contributed by atoms with E-state index < -0.39 is 8.07 Å². The first-order valence-corrected chi connectivity index (χ1v) is 32.5. The average Bonchev–Trinajstić information content (AvgIpc) is 1.63. The van der Waals surface area contributed by atoms with Crippen LogP contribution in [0.5, 0.6) is 0 Å². The maximum Gasteiger partial charge on any atom is 0.113 e. The van der Waals surface area contributed by atoms with Gasteiger partial charge >= 0.3 is 0 Å². The van der Waals surface area contributed by atoms with Crippen LogP contribution in [0.3, 0.4) is 0 Å². The molecule has 14 aromatic rings. The molecule has 0 aromatic heterocycles. The molecule has 0 saturated carbocycles. The molecule has 2 nitrogen and oxygen atoms in total. The quantitative estimate of drug-likeness (QED) is 0.121. The molecule has 1 aliphatic heterocycles. The molecule has 0 atom stereocenters. The summed E-state index contributed by atoms with van der Waals surface area (Å²) in [4.78, 5) is 5.05. The summed E-state index contributed by atoms with van der Waals surface area (Å²) in [6.07, 6.45) is 0. The van der Waals surface area contributed by atoms with Gasteiger partial charge in [-0.2, -0.15) is 0 Å². The van der Waals surface area contributed by atoms with Crippen LogP contribution in [0.2, 0.25) is 13.1 Å². The first-order chi connectivity index (χ1) is 40.4. The molecule has 3 heteroatoms. The maximum absolute atomic E-state index is 2.58. The Kier molecular flexibility index (Phi) is 10.0. The SMILES string of the molecule is CC1(C)c2ccccc2-c2ccc(N(c3ccc4c(c3)[Si](C)(C)c3cccc5c3c-4cc3ccc(N(c4ccc6c(c4)C(C)(C)c4ccccc4-6)c4ccc6ccc7ccccc7c6c4)cc35)c3ccc4ccc5ccccc5c4c3)cc21. The Hall–Kier alpha value is -9.54. The standard InChI is InChI=1S/C80H60N2Si/c1-79(2)72-23-13-11-20-62(72)64-39-36-57(46-74(64)79)81(54-33-30-51-28-26-49-16-7-9-18-60(49)68(51)43-54)56-35-32-53-42-71-66-41-38-59(48-77(66)83(5,6)76-25-15-22-67(78(71)76)70(53)45-56)82(55-34-31-52-29-27-50-17-8-10-19-61(50)69(52)44-55)58-37-40-65-63-21-12-14-24-73(63)80(3,4)75(65)47-58/h7-48H,1-6H3. The van der Waals surface area contributed by atoms with Gasteiger partial charge in [-0.15, -0.1) is 0 Å². The molecule has 0 saturated heterocycles. The fraction of sp³-hybridized carbons (Fsp3) is 0.100. The molecule has 0 bridgehead atoms. The number of hydrogen-bond donors (Lipinski definition) is 0. The Morgan fingerprint density at radius 3 is 1.16 bits per heavy atom. The van der Waals surface area contributed by atoms with Crippen molar-refractivity contribution in [1.82, 2.24) is 0 Å². The third-order valence-corrected chi connectivity index (χ3v) is 23.3. The van der Waals surface area contributed by atoms with Crippen LogP contribution in [-0.4, -0.2) is 8.07 Å². The number of anilines is 6. The third kappa shape index (κ3) is 6.89. The number of nitrogens with zero attached hydrogens (tertiary/aromatic N) is 2. The van der Waals surface area contributed by atoms with E-state index >= 15 is 0 Å². The van der Waals surface area contributed by atoms with Crippen molar-refractivity contribution in [2.24, 2.45) is 0 Å². The zero-order valence-electron chi connectivity index (χ0n) is 47.6. The third-order valence-electron chi connectivity index (χ3n) is 19.7. The minimum Gasteiger partial charge on any atom is -0.310 e. The van der Waals surface area contributed by atoms with E-state index in [9.17, 15) is 0 Å². The zero-order chi connectivity index (χ0) is 55.7. The lowest BCUT2D eigenvalue weighted by molar-refractivity contribution is 0.660. The highest BCUT2D eigenvalue weighted by Gasteiger charge is 2.39. The maximum atomic E-state index is 2.58. The largest absolute Gasteiger partial charge is 0.310 e. The van der Waals surface area contributed by atoms with E-state index in [1.54, 1.807) is 0 Å². The van der Waals surface area contributed by atoms with Gasteiger partial charge in [-0.05, 0) is 210 Å². The monoisotopic (exact) mass is 1080 g/mol. The lowest BCUT2D eigenvalue weighted by atomic mass is 9.82. The molecule has 1 heterocycles. The van der Waals surface area contributed by atoms with Gasteiger partial charge in [0.25, 0.3) is 0 Å². The summed E-state index contributed by atoms with van der Waals surface area (Å²) in [5.74, 6) is 0. The topological polar surface area (TPSA) is 6.48 Å². The predicted molar refractivity (Wildman–Crippen MR) is 358 cm³/mol. The second-order valence-electron chi connectivity index (χ2n) is 25.3. The van der Waals surface area contributed by atoms with Crippen molar-refractivity contribution >= 4 is 117 Å². The fourth-order valence-electron chi connectivity index (χ4n) is 15.5.